The van der Waals surface area contributed by atoms with Crippen molar-refractivity contribution in [2.75, 3.05) is 11.9 Å². The molecule has 0 spiro atoms. The third-order valence-corrected chi connectivity index (χ3v) is 3.57. The van der Waals surface area contributed by atoms with Gasteiger partial charge in [0, 0.05) is 36.8 Å². The highest BCUT2D eigenvalue weighted by Crippen LogP contribution is 2.27. The van der Waals surface area contributed by atoms with Crippen LogP contribution in [-0.4, -0.2) is 28.8 Å². The molecule has 0 saturated heterocycles. The molecule has 3 N–H and O–H groups in total. The van der Waals surface area contributed by atoms with Gasteiger partial charge in [-0.05, 0) is 26.0 Å². The Bertz CT molecular complexity index is 733. The summed E-state index contributed by atoms with van der Waals surface area (Å²) in [5.74, 6) is -0.398. The molecule has 0 unspecified atom stereocenters. The smallest absolute Gasteiger partial charge is 0.276 e. The molecule has 1 aromatic carbocycles. The summed E-state index contributed by atoms with van der Waals surface area (Å²) in [6, 6.07) is 4.05. The van der Waals surface area contributed by atoms with Crippen molar-refractivity contribution in [1.29, 1.82) is 0 Å². The van der Waals surface area contributed by atoms with Gasteiger partial charge < -0.3 is 15.4 Å². The lowest BCUT2D eigenvalue weighted by atomic mass is 10.1. The fourth-order valence-electron chi connectivity index (χ4n) is 2.55. The minimum atomic E-state index is -0.442. The lowest BCUT2D eigenvalue weighted by Crippen LogP contribution is -2.25. The van der Waals surface area contributed by atoms with Crippen LogP contribution in [0.25, 0.3) is 0 Å². The topological polar surface area (TPSA) is 79.0 Å². The number of carbonyl (C=O) groups excluding carboxylic acids is 1. The number of fused-ring (bicyclic) bond motifs is 1. The van der Waals surface area contributed by atoms with Gasteiger partial charge in [-0.25, -0.2) is 4.39 Å². The highest BCUT2D eigenvalue weighted by molar-refractivity contribution is 6.04. The van der Waals surface area contributed by atoms with Gasteiger partial charge in [0.05, 0.1) is 11.8 Å². The number of carbonyl (C=O) groups is 1. The number of nitrogens with zero attached hydrogens (tertiary/aromatic N) is 1. The molecule has 3 rings (SSSR count). The first kappa shape index (κ1) is 18.2. The van der Waals surface area contributed by atoms with Crippen LogP contribution in [0.5, 0.6) is 5.75 Å². The number of amides is 1. The Balaban J connectivity index is 0.00000208. The van der Waals surface area contributed by atoms with Gasteiger partial charge in [-0.15, -0.1) is 12.4 Å². The van der Waals surface area contributed by atoms with E-state index in [-0.39, 0.29) is 24.4 Å². The van der Waals surface area contributed by atoms with Gasteiger partial charge in [0.15, 0.2) is 5.69 Å². The van der Waals surface area contributed by atoms with Crippen LogP contribution in [-0.2, 0) is 13.0 Å². The minimum Gasteiger partial charge on any atom is -0.489 e. The fraction of sp³-hybridized carbons (Fsp3) is 0.375. The Labute approximate surface area is 145 Å². The number of aromatic amines is 1. The van der Waals surface area contributed by atoms with Crippen LogP contribution in [0.1, 0.15) is 35.6 Å². The van der Waals surface area contributed by atoms with E-state index >= 15 is 0 Å². The molecule has 2 heterocycles. The van der Waals surface area contributed by atoms with E-state index in [1.165, 1.54) is 18.2 Å². The molecule has 2 aromatic rings. The van der Waals surface area contributed by atoms with Gasteiger partial charge in [0.2, 0.25) is 0 Å². The summed E-state index contributed by atoms with van der Waals surface area (Å²) in [4.78, 5) is 12.5. The zero-order chi connectivity index (χ0) is 16.4. The quantitative estimate of drug-likeness (QED) is 0.788. The molecule has 1 aromatic heterocycles. The molecule has 24 heavy (non-hydrogen) atoms. The van der Waals surface area contributed by atoms with Crippen LogP contribution in [0.2, 0.25) is 0 Å². The van der Waals surface area contributed by atoms with Crippen molar-refractivity contribution < 1.29 is 13.9 Å². The average molecular weight is 355 g/mol. The van der Waals surface area contributed by atoms with Gasteiger partial charge in [-0.3, -0.25) is 9.89 Å². The maximum Gasteiger partial charge on any atom is 0.276 e. The molecule has 0 atom stereocenters. The van der Waals surface area contributed by atoms with Gasteiger partial charge in [-0.1, -0.05) is 0 Å². The molecule has 1 amide bonds. The Kier molecular flexibility index (Phi) is 5.80. The first-order valence-electron chi connectivity index (χ1n) is 7.59. The zero-order valence-corrected chi connectivity index (χ0v) is 14.3. The molecule has 0 aliphatic carbocycles. The predicted molar refractivity (Wildman–Crippen MR) is 91.4 cm³/mol. The average Bonchev–Trinajstić information content (AvgIpc) is 2.93. The Morgan fingerprint density at radius 2 is 2.21 bits per heavy atom. The van der Waals surface area contributed by atoms with E-state index in [0.29, 0.717) is 23.7 Å². The van der Waals surface area contributed by atoms with Crippen LogP contribution in [0.4, 0.5) is 10.1 Å². The number of halogens is 2. The molecule has 0 saturated carbocycles. The number of hydrogen-bond donors (Lipinski definition) is 3. The number of hydrogen-bond acceptors (Lipinski definition) is 4. The minimum absolute atomic E-state index is 0. The first-order chi connectivity index (χ1) is 11.0. The predicted octanol–water partition coefficient (Wildman–Crippen LogP) is 2.66. The summed E-state index contributed by atoms with van der Waals surface area (Å²) in [6.45, 7) is 5.18. The van der Waals surface area contributed by atoms with Crippen LogP contribution in [0.3, 0.4) is 0 Å². The van der Waals surface area contributed by atoms with E-state index in [1.54, 1.807) is 0 Å². The van der Waals surface area contributed by atoms with E-state index < -0.39 is 5.82 Å². The normalized spacial score (nSPS) is 13.2. The summed E-state index contributed by atoms with van der Waals surface area (Å²) in [6.07, 6.45) is 0.718. The van der Waals surface area contributed by atoms with Crippen LogP contribution < -0.4 is 15.4 Å². The molecule has 130 valence electrons. The van der Waals surface area contributed by atoms with E-state index in [9.17, 15) is 9.18 Å². The van der Waals surface area contributed by atoms with Crippen molar-refractivity contribution in [2.24, 2.45) is 0 Å². The third kappa shape index (κ3) is 3.85. The highest BCUT2D eigenvalue weighted by Gasteiger charge is 2.22. The zero-order valence-electron chi connectivity index (χ0n) is 13.5. The number of rotatable bonds is 4. The van der Waals surface area contributed by atoms with E-state index in [1.807, 2.05) is 13.8 Å². The molecule has 1 aliphatic heterocycles. The van der Waals surface area contributed by atoms with Gasteiger partial charge in [0.1, 0.15) is 11.6 Å². The maximum atomic E-state index is 13.5. The summed E-state index contributed by atoms with van der Waals surface area (Å²) in [5.41, 5.74) is 2.44. The summed E-state index contributed by atoms with van der Waals surface area (Å²) in [5, 5.41) is 12.9. The summed E-state index contributed by atoms with van der Waals surface area (Å²) < 4.78 is 19.1. The number of nitrogens with one attached hydrogen (secondary N) is 3. The molecule has 8 heteroatoms. The second kappa shape index (κ2) is 7.63. The van der Waals surface area contributed by atoms with Gasteiger partial charge >= 0.3 is 0 Å². The van der Waals surface area contributed by atoms with Crippen molar-refractivity contribution in [2.45, 2.75) is 32.9 Å². The van der Waals surface area contributed by atoms with Crippen LogP contribution in [0.15, 0.2) is 18.2 Å². The molecule has 1 aliphatic rings. The Morgan fingerprint density at radius 3 is 2.96 bits per heavy atom. The first-order valence-corrected chi connectivity index (χ1v) is 7.59. The Hall–Kier alpha value is -2.12. The molecule has 0 fully saturated rings. The SMILES string of the molecule is CC(C)Oc1ccc(F)cc1NC(=O)c1n[nH]c2c1CNCC2.Cl. The van der Waals surface area contributed by atoms with Crippen LogP contribution >= 0.6 is 12.4 Å². The highest BCUT2D eigenvalue weighted by atomic mass is 35.5. The van der Waals surface area contributed by atoms with E-state index in [2.05, 4.69) is 20.8 Å². The second-order valence-electron chi connectivity index (χ2n) is 5.72. The molecule has 0 bridgehead atoms. The Morgan fingerprint density at radius 1 is 1.42 bits per heavy atom. The number of aromatic nitrogens is 2. The fourth-order valence-corrected chi connectivity index (χ4v) is 2.55. The van der Waals surface area contributed by atoms with Crippen LogP contribution in [0, 0.1) is 5.82 Å². The largest absolute Gasteiger partial charge is 0.489 e. The summed E-state index contributed by atoms with van der Waals surface area (Å²) in [7, 11) is 0. The molecular weight excluding hydrogens is 335 g/mol. The van der Waals surface area contributed by atoms with Crippen molar-refractivity contribution in [1.82, 2.24) is 15.5 Å². The number of ether oxygens (including phenoxy) is 1. The number of benzene rings is 1. The van der Waals surface area contributed by atoms with E-state index in [0.717, 1.165) is 24.2 Å². The van der Waals surface area contributed by atoms with Crippen molar-refractivity contribution in [3.05, 3.63) is 41.0 Å². The van der Waals surface area contributed by atoms with Gasteiger partial charge in [-0.2, -0.15) is 5.10 Å². The summed E-state index contributed by atoms with van der Waals surface area (Å²) >= 11 is 0. The monoisotopic (exact) mass is 354 g/mol. The van der Waals surface area contributed by atoms with Crippen molar-refractivity contribution >= 4 is 24.0 Å². The number of H-pyrrole nitrogens is 1. The van der Waals surface area contributed by atoms with E-state index in [4.69, 9.17) is 4.74 Å². The standard InChI is InChI=1S/C16H19FN4O2.ClH/c1-9(2)23-14-4-3-10(17)7-13(14)19-16(22)15-11-8-18-6-5-12(11)20-21-15;/h3-4,7,9,18H,5-6,8H2,1-2H3,(H,19,22)(H,20,21);1H. The lowest BCUT2D eigenvalue weighted by Gasteiger charge is -2.16. The molecule has 0 radical (unpaired) electrons. The molecular formula is C16H20ClFN4O2. The molecule has 6 nitrogen and oxygen atoms in total. The third-order valence-electron chi connectivity index (χ3n) is 3.57. The van der Waals surface area contributed by atoms with Crippen molar-refractivity contribution in [3.63, 3.8) is 0 Å². The van der Waals surface area contributed by atoms with Gasteiger partial charge in [0.25, 0.3) is 5.91 Å². The maximum absolute atomic E-state index is 13.5. The second-order valence-corrected chi connectivity index (χ2v) is 5.72. The van der Waals surface area contributed by atoms with Crippen molar-refractivity contribution in [3.8, 4) is 5.75 Å². The lowest BCUT2D eigenvalue weighted by molar-refractivity contribution is 0.102. The number of anilines is 1.